The molecule has 0 radical (unpaired) electrons. The van der Waals surface area contributed by atoms with E-state index in [1.807, 2.05) is 6.92 Å². The lowest BCUT2D eigenvalue weighted by Crippen LogP contribution is -2.38. The number of hydrogen-bond donors (Lipinski definition) is 1. The minimum Gasteiger partial charge on any atom is -0.389 e. The summed E-state index contributed by atoms with van der Waals surface area (Å²) in [6, 6.07) is 0. The highest BCUT2D eigenvalue weighted by molar-refractivity contribution is 9.09. The second-order valence-electron chi connectivity index (χ2n) is 5.30. The molecule has 2 unspecified atom stereocenters. The van der Waals surface area contributed by atoms with Gasteiger partial charge in [0.2, 0.25) is 0 Å². The monoisotopic (exact) mass is 232 g/mol. The second-order valence-corrected chi connectivity index (χ2v) is 6.40. The zero-order valence-corrected chi connectivity index (χ0v) is 9.56. The molecule has 2 saturated carbocycles. The Labute approximate surface area is 82.7 Å². The first-order valence-corrected chi connectivity index (χ1v) is 5.64. The molecule has 2 heteroatoms. The van der Waals surface area contributed by atoms with Crippen molar-refractivity contribution in [2.75, 3.05) is 0 Å². The SMILES string of the molecule is CC1(O)C[C@H]2[C@@H](CC1Br)C2(C)C. The number of alkyl halides is 1. The van der Waals surface area contributed by atoms with Gasteiger partial charge in [-0.3, -0.25) is 0 Å². The summed E-state index contributed by atoms with van der Waals surface area (Å²) in [5.74, 6) is 1.61. The molecular formula is C10H17BrO. The first-order valence-electron chi connectivity index (χ1n) is 4.72. The molecule has 1 nitrogen and oxygen atoms in total. The third-order valence-corrected chi connectivity index (χ3v) is 5.42. The Kier molecular flexibility index (Phi) is 1.70. The Morgan fingerprint density at radius 2 is 1.83 bits per heavy atom. The molecule has 2 rings (SSSR count). The summed E-state index contributed by atoms with van der Waals surface area (Å²) < 4.78 is 0. The fourth-order valence-corrected chi connectivity index (χ4v) is 3.37. The highest BCUT2D eigenvalue weighted by Crippen LogP contribution is 2.67. The van der Waals surface area contributed by atoms with Crippen LogP contribution in [-0.2, 0) is 0 Å². The Balaban J connectivity index is 2.14. The predicted molar refractivity (Wildman–Crippen MR) is 53.3 cm³/mol. The Bertz CT molecular complexity index is 210. The Hall–Kier alpha value is 0.440. The van der Waals surface area contributed by atoms with Crippen LogP contribution < -0.4 is 0 Å². The van der Waals surface area contributed by atoms with Gasteiger partial charge in [0.1, 0.15) is 0 Å². The highest BCUT2D eigenvalue weighted by Gasteiger charge is 2.63. The van der Waals surface area contributed by atoms with Crippen molar-refractivity contribution in [2.24, 2.45) is 17.3 Å². The molecule has 0 heterocycles. The summed E-state index contributed by atoms with van der Waals surface area (Å²) >= 11 is 3.58. The second kappa shape index (κ2) is 2.27. The molecule has 0 bridgehead atoms. The van der Waals surface area contributed by atoms with E-state index in [1.54, 1.807) is 0 Å². The van der Waals surface area contributed by atoms with Crippen molar-refractivity contribution in [1.29, 1.82) is 0 Å². The minimum absolute atomic E-state index is 0.299. The van der Waals surface area contributed by atoms with Crippen LogP contribution in [0, 0.1) is 17.3 Å². The average molecular weight is 233 g/mol. The Morgan fingerprint density at radius 3 is 2.33 bits per heavy atom. The fourth-order valence-electron chi connectivity index (χ4n) is 2.78. The number of halogens is 1. The summed E-state index contributed by atoms with van der Waals surface area (Å²) in [6.45, 7) is 6.60. The van der Waals surface area contributed by atoms with Crippen LogP contribution in [0.1, 0.15) is 33.6 Å². The zero-order chi connectivity index (χ0) is 9.15. The van der Waals surface area contributed by atoms with Crippen molar-refractivity contribution < 1.29 is 5.11 Å². The van der Waals surface area contributed by atoms with E-state index in [9.17, 15) is 5.11 Å². The molecule has 70 valence electrons. The van der Waals surface area contributed by atoms with Crippen molar-refractivity contribution in [3.8, 4) is 0 Å². The molecule has 0 spiro atoms. The summed E-state index contributed by atoms with van der Waals surface area (Å²) in [7, 11) is 0. The summed E-state index contributed by atoms with van der Waals surface area (Å²) in [5, 5.41) is 10.0. The lowest BCUT2D eigenvalue weighted by molar-refractivity contribution is 0.0264. The summed E-state index contributed by atoms with van der Waals surface area (Å²) in [4.78, 5) is 0.299. The lowest BCUT2D eigenvalue weighted by atomic mass is 9.86. The van der Waals surface area contributed by atoms with Crippen LogP contribution in [0.5, 0.6) is 0 Å². The van der Waals surface area contributed by atoms with Crippen LogP contribution in [0.2, 0.25) is 0 Å². The number of fused-ring (bicyclic) bond motifs is 1. The molecule has 0 amide bonds. The number of rotatable bonds is 0. The van der Waals surface area contributed by atoms with E-state index < -0.39 is 5.60 Å². The smallest absolute Gasteiger partial charge is 0.0747 e. The molecular weight excluding hydrogens is 216 g/mol. The van der Waals surface area contributed by atoms with Gasteiger partial charge in [0, 0.05) is 4.83 Å². The topological polar surface area (TPSA) is 20.2 Å². The molecule has 2 aliphatic carbocycles. The van der Waals surface area contributed by atoms with E-state index in [1.165, 1.54) is 0 Å². The van der Waals surface area contributed by atoms with Gasteiger partial charge in [-0.25, -0.2) is 0 Å². The number of hydrogen-bond acceptors (Lipinski definition) is 1. The van der Waals surface area contributed by atoms with Crippen LogP contribution in [0.25, 0.3) is 0 Å². The molecule has 0 aromatic rings. The Morgan fingerprint density at radius 1 is 1.25 bits per heavy atom. The average Bonchev–Trinajstić information content (AvgIpc) is 2.37. The van der Waals surface area contributed by atoms with E-state index in [4.69, 9.17) is 0 Å². The van der Waals surface area contributed by atoms with Gasteiger partial charge in [-0.05, 0) is 37.0 Å². The molecule has 12 heavy (non-hydrogen) atoms. The van der Waals surface area contributed by atoms with E-state index >= 15 is 0 Å². The van der Waals surface area contributed by atoms with Gasteiger partial charge in [0.15, 0.2) is 0 Å². The van der Waals surface area contributed by atoms with Gasteiger partial charge >= 0.3 is 0 Å². The first kappa shape index (κ1) is 9.01. The normalized spacial score (nSPS) is 56.2. The van der Waals surface area contributed by atoms with Gasteiger partial charge in [0.05, 0.1) is 5.60 Å². The summed E-state index contributed by atoms with van der Waals surface area (Å²) in [5.41, 5.74) is 0.0153. The molecule has 0 aromatic heterocycles. The van der Waals surface area contributed by atoms with Gasteiger partial charge in [-0.1, -0.05) is 29.8 Å². The van der Waals surface area contributed by atoms with Crippen molar-refractivity contribution in [3.05, 3.63) is 0 Å². The molecule has 0 saturated heterocycles. The van der Waals surface area contributed by atoms with E-state index in [0.29, 0.717) is 10.2 Å². The third-order valence-electron chi connectivity index (χ3n) is 4.06. The van der Waals surface area contributed by atoms with Crippen LogP contribution in [-0.4, -0.2) is 15.5 Å². The predicted octanol–water partition coefficient (Wildman–Crippen LogP) is 2.57. The molecule has 1 N–H and O–H groups in total. The highest BCUT2D eigenvalue weighted by atomic mass is 79.9. The third kappa shape index (κ3) is 1.07. The molecule has 2 fully saturated rings. The maximum Gasteiger partial charge on any atom is 0.0747 e. The van der Waals surface area contributed by atoms with Crippen molar-refractivity contribution in [3.63, 3.8) is 0 Å². The molecule has 4 atom stereocenters. The minimum atomic E-state index is -0.477. The van der Waals surface area contributed by atoms with Crippen molar-refractivity contribution in [2.45, 2.75) is 44.0 Å². The van der Waals surface area contributed by atoms with Gasteiger partial charge in [-0.2, -0.15) is 0 Å². The van der Waals surface area contributed by atoms with E-state index in [2.05, 4.69) is 29.8 Å². The standard InChI is InChI=1S/C10H17BrO/c1-9(2)6-4-8(11)10(3,12)5-7(6)9/h6-8,12H,4-5H2,1-3H3/t6-,7+,8?,10?/m1/s1. The van der Waals surface area contributed by atoms with Crippen LogP contribution in [0.15, 0.2) is 0 Å². The molecule has 2 aliphatic rings. The largest absolute Gasteiger partial charge is 0.389 e. The van der Waals surface area contributed by atoms with Crippen molar-refractivity contribution in [1.82, 2.24) is 0 Å². The quantitative estimate of drug-likeness (QED) is 0.637. The maximum absolute atomic E-state index is 10.0. The first-order chi connectivity index (χ1) is 5.36. The van der Waals surface area contributed by atoms with Crippen LogP contribution in [0.4, 0.5) is 0 Å². The van der Waals surface area contributed by atoms with E-state index in [-0.39, 0.29) is 0 Å². The van der Waals surface area contributed by atoms with E-state index in [0.717, 1.165) is 24.7 Å². The molecule has 0 aromatic carbocycles. The number of aliphatic hydroxyl groups is 1. The molecule has 0 aliphatic heterocycles. The van der Waals surface area contributed by atoms with Gasteiger partial charge in [-0.15, -0.1) is 0 Å². The van der Waals surface area contributed by atoms with Crippen LogP contribution in [0.3, 0.4) is 0 Å². The fraction of sp³-hybridized carbons (Fsp3) is 1.00. The van der Waals surface area contributed by atoms with Crippen molar-refractivity contribution >= 4 is 15.9 Å². The van der Waals surface area contributed by atoms with Gasteiger partial charge in [0.25, 0.3) is 0 Å². The van der Waals surface area contributed by atoms with Crippen LogP contribution >= 0.6 is 15.9 Å². The lowest BCUT2D eigenvalue weighted by Gasteiger charge is -2.32. The van der Waals surface area contributed by atoms with Gasteiger partial charge < -0.3 is 5.11 Å². The maximum atomic E-state index is 10.0. The zero-order valence-electron chi connectivity index (χ0n) is 7.97. The summed E-state index contributed by atoms with van der Waals surface area (Å²) in [6.07, 6.45) is 2.12.